The van der Waals surface area contributed by atoms with Gasteiger partial charge in [0.1, 0.15) is 6.04 Å². The van der Waals surface area contributed by atoms with E-state index in [0.29, 0.717) is 36.8 Å². The molecular weight excluding hydrogens is 433 g/mol. The van der Waals surface area contributed by atoms with Crippen molar-refractivity contribution in [3.8, 4) is 0 Å². The van der Waals surface area contributed by atoms with Crippen molar-refractivity contribution in [2.45, 2.75) is 6.04 Å². The number of rotatable bonds is 5. The number of nitro groups is 1. The molecule has 8 nitrogen and oxygen atoms in total. The summed E-state index contributed by atoms with van der Waals surface area (Å²) in [7, 11) is 1.32. The predicted molar refractivity (Wildman–Crippen MR) is 112 cm³/mol. The Labute approximate surface area is 183 Å². The predicted octanol–water partition coefficient (Wildman–Crippen LogP) is 3.57. The number of non-ortho nitro benzene ring substituents is 1. The number of nitro benzene ring substituents is 1. The number of halogens is 2. The molecule has 1 heterocycles. The van der Waals surface area contributed by atoms with Gasteiger partial charge < -0.3 is 9.64 Å². The first-order valence-corrected chi connectivity index (χ1v) is 9.88. The van der Waals surface area contributed by atoms with E-state index in [1.807, 2.05) is 4.90 Å². The molecule has 1 saturated heterocycles. The third-order valence-corrected chi connectivity index (χ3v) is 5.64. The highest BCUT2D eigenvalue weighted by molar-refractivity contribution is 6.34. The Bertz CT molecular complexity index is 977. The molecule has 0 spiro atoms. The normalized spacial score (nSPS) is 15.5. The second-order valence-electron chi connectivity index (χ2n) is 6.70. The summed E-state index contributed by atoms with van der Waals surface area (Å²) in [6.45, 7) is 1.54. The van der Waals surface area contributed by atoms with Crippen LogP contribution in [-0.4, -0.2) is 59.9 Å². The van der Waals surface area contributed by atoms with Crippen molar-refractivity contribution in [3.63, 3.8) is 0 Å². The molecule has 1 amide bonds. The number of hydrogen-bond acceptors (Lipinski definition) is 6. The minimum absolute atomic E-state index is 0.0279. The molecule has 1 aliphatic heterocycles. The molecule has 0 N–H and O–H groups in total. The highest BCUT2D eigenvalue weighted by Gasteiger charge is 2.34. The van der Waals surface area contributed by atoms with Crippen molar-refractivity contribution in [1.82, 2.24) is 9.80 Å². The minimum atomic E-state index is -0.677. The maximum Gasteiger partial charge on any atom is 0.327 e. The van der Waals surface area contributed by atoms with Crippen LogP contribution in [0.25, 0.3) is 0 Å². The van der Waals surface area contributed by atoms with Gasteiger partial charge in [0.2, 0.25) is 0 Å². The molecule has 10 heteroatoms. The Morgan fingerprint density at radius 1 is 1.07 bits per heavy atom. The molecule has 0 bridgehead atoms. The number of carbonyl (C=O) groups excluding carboxylic acids is 2. The zero-order valence-corrected chi connectivity index (χ0v) is 17.6. The molecule has 1 aliphatic rings. The minimum Gasteiger partial charge on any atom is -0.468 e. The van der Waals surface area contributed by atoms with Gasteiger partial charge in [0, 0.05) is 43.3 Å². The lowest BCUT2D eigenvalue weighted by Gasteiger charge is -2.38. The zero-order valence-electron chi connectivity index (χ0n) is 16.1. The van der Waals surface area contributed by atoms with Crippen LogP contribution in [0.3, 0.4) is 0 Å². The lowest BCUT2D eigenvalue weighted by Crippen LogP contribution is -2.51. The number of nitrogens with zero attached hydrogens (tertiary/aromatic N) is 3. The molecule has 3 rings (SSSR count). The van der Waals surface area contributed by atoms with E-state index in [4.69, 9.17) is 27.9 Å². The summed E-state index contributed by atoms with van der Waals surface area (Å²) in [5.41, 5.74) is 0.664. The summed E-state index contributed by atoms with van der Waals surface area (Å²) >= 11 is 12.4. The van der Waals surface area contributed by atoms with Gasteiger partial charge in [0.25, 0.3) is 11.6 Å². The maximum atomic E-state index is 12.8. The van der Waals surface area contributed by atoms with E-state index in [9.17, 15) is 19.7 Å². The van der Waals surface area contributed by atoms with E-state index in [1.54, 1.807) is 29.2 Å². The molecule has 0 radical (unpaired) electrons. The van der Waals surface area contributed by atoms with Gasteiger partial charge >= 0.3 is 5.97 Å². The standard InChI is InChI=1S/C20H19Cl2N3O5/c1-30-20(27)18(14-4-2-3-5-16(14)21)23-8-10-24(11-9-23)19(26)15-7-6-13(25(28)29)12-17(15)22/h2-7,12,18H,8-11H2,1H3. The van der Waals surface area contributed by atoms with Crippen molar-refractivity contribution in [2.24, 2.45) is 0 Å². The van der Waals surface area contributed by atoms with Crippen LogP contribution in [0.5, 0.6) is 0 Å². The first-order valence-electron chi connectivity index (χ1n) is 9.13. The van der Waals surface area contributed by atoms with Crippen LogP contribution in [0.1, 0.15) is 22.0 Å². The van der Waals surface area contributed by atoms with Crippen molar-refractivity contribution < 1.29 is 19.2 Å². The number of piperazine rings is 1. The summed E-state index contributed by atoms with van der Waals surface area (Å²) in [5.74, 6) is -0.747. The molecule has 1 unspecified atom stereocenters. The largest absolute Gasteiger partial charge is 0.468 e. The van der Waals surface area contributed by atoms with Gasteiger partial charge in [0.15, 0.2) is 0 Å². The summed E-state index contributed by atoms with van der Waals surface area (Å²) in [4.78, 5) is 39.1. The lowest BCUT2D eigenvalue weighted by atomic mass is 10.0. The average molecular weight is 452 g/mol. The first-order chi connectivity index (χ1) is 14.3. The second kappa shape index (κ2) is 9.42. The average Bonchev–Trinajstić information content (AvgIpc) is 2.75. The van der Waals surface area contributed by atoms with Gasteiger partial charge in [0.05, 0.1) is 22.6 Å². The molecule has 1 atom stereocenters. The zero-order chi connectivity index (χ0) is 21.8. The van der Waals surface area contributed by atoms with Gasteiger partial charge in [-0.15, -0.1) is 0 Å². The van der Waals surface area contributed by atoms with Gasteiger partial charge in [-0.1, -0.05) is 41.4 Å². The van der Waals surface area contributed by atoms with Crippen molar-refractivity contribution in [1.29, 1.82) is 0 Å². The number of methoxy groups -OCH3 is 1. The fraction of sp³-hybridized carbons (Fsp3) is 0.300. The fourth-order valence-electron chi connectivity index (χ4n) is 3.43. The molecule has 2 aromatic carbocycles. The highest BCUT2D eigenvalue weighted by Crippen LogP contribution is 2.30. The number of hydrogen-bond donors (Lipinski definition) is 0. The topological polar surface area (TPSA) is 93.0 Å². The maximum absolute atomic E-state index is 12.8. The molecule has 0 aromatic heterocycles. The van der Waals surface area contributed by atoms with E-state index in [0.717, 1.165) is 6.07 Å². The van der Waals surface area contributed by atoms with Crippen molar-refractivity contribution in [2.75, 3.05) is 33.3 Å². The fourth-order valence-corrected chi connectivity index (χ4v) is 3.92. The van der Waals surface area contributed by atoms with E-state index in [-0.39, 0.29) is 22.2 Å². The van der Waals surface area contributed by atoms with Crippen molar-refractivity contribution in [3.05, 3.63) is 73.8 Å². The van der Waals surface area contributed by atoms with E-state index in [2.05, 4.69) is 0 Å². The highest BCUT2D eigenvalue weighted by atomic mass is 35.5. The van der Waals surface area contributed by atoms with Crippen LogP contribution < -0.4 is 0 Å². The van der Waals surface area contributed by atoms with E-state index < -0.39 is 16.9 Å². The van der Waals surface area contributed by atoms with Crippen LogP contribution in [0.2, 0.25) is 10.0 Å². The Hall–Kier alpha value is -2.68. The van der Waals surface area contributed by atoms with Crippen molar-refractivity contribution >= 4 is 40.8 Å². The van der Waals surface area contributed by atoms with Gasteiger partial charge in [-0.2, -0.15) is 0 Å². The Morgan fingerprint density at radius 2 is 1.73 bits per heavy atom. The third kappa shape index (κ3) is 4.56. The molecule has 1 fully saturated rings. The quantitative estimate of drug-likeness (QED) is 0.391. The Morgan fingerprint density at radius 3 is 2.30 bits per heavy atom. The van der Waals surface area contributed by atoms with Crippen LogP contribution in [-0.2, 0) is 9.53 Å². The van der Waals surface area contributed by atoms with Crippen LogP contribution in [0, 0.1) is 10.1 Å². The summed E-state index contributed by atoms with van der Waals surface area (Å²) < 4.78 is 4.97. The van der Waals surface area contributed by atoms with Crippen LogP contribution in [0.15, 0.2) is 42.5 Å². The molecule has 158 valence electrons. The molecular formula is C20H19Cl2N3O5. The van der Waals surface area contributed by atoms with Gasteiger partial charge in [-0.3, -0.25) is 19.8 Å². The van der Waals surface area contributed by atoms with Crippen LogP contribution >= 0.6 is 23.2 Å². The molecule has 0 saturated carbocycles. The number of esters is 1. The molecule has 30 heavy (non-hydrogen) atoms. The number of benzene rings is 2. The second-order valence-corrected chi connectivity index (χ2v) is 7.51. The molecule has 2 aromatic rings. The first kappa shape index (κ1) is 22.0. The summed E-state index contributed by atoms with van der Waals surface area (Å²) in [6.07, 6.45) is 0. The monoisotopic (exact) mass is 451 g/mol. The third-order valence-electron chi connectivity index (χ3n) is 4.98. The summed E-state index contributed by atoms with van der Waals surface area (Å²) in [5, 5.41) is 11.3. The van der Waals surface area contributed by atoms with E-state index in [1.165, 1.54) is 19.2 Å². The van der Waals surface area contributed by atoms with Gasteiger partial charge in [-0.05, 0) is 17.7 Å². The van der Waals surface area contributed by atoms with Crippen LogP contribution in [0.4, 0.5) is 5.69 Å². The summed E-state index contributed by atoms with van der Waals surface area (Å²) in [6, 6.07) is 10.2. The Kier molecular flexibility index (Phi) is 6.91. The number of carbonyl (C=O) groups is 2. The Balaban J connectivity index is 1.74. The van der Waals surface area contributed by atoms with E-state index >= 15 is 0 Å². The lowest BCUT2D eigenvalue weighted by molar-refractivity contribution is -0.384. The number of amides is 1. The number of ether oxygens (including phenoxy) is 1. The SMILES string of the molecule is COC(=O)C(c1ccccc1Cl)N1CCN(C(=O)c2ccc([N+](=O)[O-])cc2Cl)CC1. The molecule has 0 aliphatic carbocycles. The smallest absolute Gasteiger partial charge is 0.327 e. The van der Waals surface area contributed by atoms with Gasteiger partial charge in [-0.25, -0.2) is 4.79 Å².